The monoisotopic (exact) mass is 309 g/mol. The second kappa shape index (κ2) is 6.77. The Morgan fingerprint density at radius 2 is 2.38 bits per heavy atom. The van der Waals surface area contributed by atoms with E-state index in [4.69, 9.17) is 4.74 Å². The van der Waals surface area contributed by atoms with E-state index < -0.39 is 0 Å². The number of nitrogens with one attached hydrogen (secondary N) is 2. The van der Waals surface area contributed by atoms with Gasteiger partial charge in [0.1, 0.15) is 0 Å². The van der Waals surface area contributed by atoms with Crippen molar-refractivity contribution in [2.24, 2.45) is 0 Å². The molecule has 1 aromatic rings. The van der Waals surface area contributed by atoms with E-state index >= 15 is 0 Å². The minimum Gasteiger partial charge on any atom is -0.373 e. The largest absolute Gasteiger partial charge is 0.373 e. The zero-order valence-corrected chi connectivity index (χ0v) is 13.2. The van der Waals surface area contributed by atoms with Crippen molar-refractivity contribution in [1.82, 2.24) is 15.5 Å². The Bertz CT molecular complexity index is 491. The van der Waals surface area contributed by atoms with Gasteiger partial charge < -0.3 is 15.4 Å². The number of thiophene rings is 1. The van der Waals surface area contributed by atoms with Gasteiger partial charge >= 0.3 is 6.03 Å². The second-order valence-corrected chi connectivity index (χ2v) is 7.19. The molecule has 1 aromatic heterocycles. The second-order valence-electron chi connectivity index (χ2n) is 5.82. The molecule has 116 valence electrons. The van der Waals surface area contributed by atoms with Crippen LogP contribution in [-0.4, -0.2) is 49.3 Å². The molecular formula is C15H23N3O2S. The van der Waals surface area contributed by atoms with E-state index in [1.165, 1.54) is 29.1 Å². The Morgan fingerprint density at radius 3 is 3.19 bits per heavy atom. The van der Waals surface area contributed by atoms with Crippen molar-refractivity contribution in [1.29, 1.82) is 0 Å². The molecule has 2 saturated heterocycles. The normalized spacial score (nSPS) is 25.6. The first-order valence-electron chi connectivity index (χ1n) is 7.63. The predicted octanol–water partition coefficient (Wildman–Crippen LogP) is 1.72. The minimum atomic E-state index is -0.117. The molecule has 0 saturated carbocycles. The first-order valence-corrected chi connectivity index (χ1v) is 8.45. The number of hydrogen-bond donors (Lipinski definition) is 2. The summed E-state index contributed by atoms with van der Waals surface area (Å²) >= 11 is 1.71. The molecule has 0 bridgehead atoms. The molecule has 0 aliphatic carbocycles. The van der Waals surface area contributed by atoms with Crippen molar-refractivity contribution < 1.29 is 9.53 Å². The molecule has 2 atom stereocenters. The van der Waals surface area contributed by atoms with Crippen LogP contribution in [0.5, 0.6) is 0 Å². The molecule has 2 N–H and O–H groups in total. The maximum absolute atomic E-state index is 11.8. The molecule has 0 spiro atoms. The number of morpholine rings is 1. The lowest BCUT2D eigenvalue weighted by molar-refractivity contribution is -0.0457. The van der Waals surface area contributed by atoms with E-state index in [2.05, 4.69) is 34.6 Å². The van der Waals surface area contributed by atoms with Crippen LogP contribution >= 0.6 is 11.3 Å². The zero-order chi connectivity index (χ0) is 14.7. The highest BCUT2D eigenvalue weighted by atomic mass is 32.1. The Balaban J connectivity index is 1.36. The molecule has 2 aliphatic rings. The van der Waals surface area contributed by atoms with Gasteiger partial charge in [-0.2, -0.15) is 0 Å². The summed E-state index contributed by atoms with van der Waals surface area (Å²) in [5.41, 5.74) is 0. The first-order chi connectivity index (χ1) is 10.2. The van der Waals surface area contributed by atoms with Crippen LogP contribution in [0.3, 0.4) is 0 Å². The molecule has 21 heavy (non-hydrogen) atoms. The molecule has 0 aromatic carbocycles. The number of carbonyl (C=O) groups excluding carboxylic acids is 1. The third-order valence-corrected chi connectivity index (χ3v) is 5.17. The Kier molecular flexibility index (Phi) is 4.77. The summed E-state index contributed by atoms with van der Waals surface area (Å²) in [7, 11) is 0. The Morgan fingerprint density at radius 1 is 1.48 bits per heavy atom. The number of ether oxygens (including phenoxy) is 1. The number of carbonyl (C=O) groups is 1. The number of nitrogens with zero attached hydrogens (tertiary/aromatic N) is 1. The highest BCUT2D eigenvalue weighted by molar-refractivity contribution is 7.11. The average Bonchev–Trinajstić information content (AvgIpc) is 3.10. The molecule has 2 amide bonds. The smallest absolute Gasteiger partial charge is 0.315 e. The molecular weight excluding hydrogens is 286 g/mol. The number of urea groups is 1. The summed E-state index contributed by atoms with van der Waals surface area (Å²) in [5, 5.41) is 5.80. The highest BCUT2D eigenvalue weighted by Crippen LogP contribution is 2.22. The van der Waals surface area contributed by atoms with Gasteiger partial charge in [-0.25, -0.2) is 4.79 Å². The summed E-state index contributed by atoms with van der Waals surface area (Å²) < 4.78 is 5.83. The summed E-state index contributed by atoms with van der Waals surface area (Å²) in [5.74, 6) is 0. The van der Waals surface area contributed by atoms with Crippen LogP contribution in [0.4, 0.5) is 4.79 Å². The van der Waals surface area contributed by atoms with Gasteiger partial charge in [-0.3, -0.25) is 4.90 Å². The van der Waals surface area contributed by atoms with E-state index in [1.807, 2.05) is 0 Å². The first kappa shape index (κ1) is 14.8. The lowest BCUT2D eigenvalue weighted by Gasteiger charge is -2.35. The molecule has 0 radical (unpaired) electrons. The van der Waals surface area contributed by atoms with Gasteiger partial charge in [-0.1, -0.05) is 0 Å². The third-order valence-electron chi connectivity index (χ3n) is 4.17. The van der Waals surface area contributed by atoms with Gasteiger partial charge in [-0.05, 0) is 38.4 Å². The van der Waals surface area contributed by atoms with Crippen LogP contribution in [-0.2, 0) is 11.3 Å². The standard InChI is InChI=1S/C15H23N3O2S/c1-11-4-5-14(21-11)8-17-15(19)16-7-13-9-18-6-2-3-12(18)10-20-13/h4-5,12-13H,2-3,6-10H2,1H3,(H2,16,17,19)/t12-,13+/m0/s1. The lowest BCUT2D eigenvalue weighted by Crippen LogP contribution is -2.51. The molecule has 2 aliphatic heterocycles. The quantitative estimate of drug-likeness (QED) is 0.890. The summed E-state index contributed by atoms with van der Waals surface area (Å²) in [6.45, 7) is 6.16. The zero-order valence-electron chi connectivity index (χ0n) is 12.4. The fourth-order valence-corrected chi connectivity index (χ4v) is 3.86. The number of amides is 2. The fraction of sp³-hybridized carbons (Fsp3) is 0.667. The van der Waals surface area contributed by atoms with Crippen LogP contribution in [0, 0.1) is 6.92 Å². The van der Waals surface area contributed by atoms with Crippen molar-refractivity contribution in [2.75, 3.05) is 26.2 Å². The third kappa shape index (κ3) is 3.96. The van der Waals surface area contributed by atoms with Gasteiger partial charge in [0.25, 0.3) is 0 Å². The van der Waals surface area contributed by atoms with Crippen molar-refractivity contribution in [3.05, 3.63) is 21.9 Å². The van der Waals surface area contributed by atoms with Gasteiger partial charge in [0, 0.05) is 28.9 Å². The van der Waals surface area contributed by atoms with Crippen molar-refractivity contribution in [3.63, 3.8) is 0 Å². The number of aryl methyl sites for hydroxylation is 1. The summed E-state index contributed by atoms with van der Waals surface area (Å²) in [6.07, 6.45) is 2.64. The SMILES string of the molecule is Cc1ccc(CNC(=O)NC[C@@H]2CN3CCC[C@H]3CO2)s1. The van der Waals surface area contributed by atoms with E-state index in [9.17, 15) is 4.79 Å². The number of hydrogen-bond acceptors (Lipinski definition) is 4. The highest BCUT2D eigenvalue weighted by Gasteiger charge is 2.32. The molecule has 5 nitrogen and oxygen atoms in total. The van der Waals surface area contributed by atoms with Gasteiger partial charge in [0.2, 0.25) is 0 Å². The van der Waals surface area contributed by atoms with Crippen molar-refractivity contribution in [2.45, 2.75) is 38.5 Å². The number of rotatable bonds is 4. The van der Waals surface area contributed by atoms with E-state index in [0.717, 1.165) is 13.2 Å². The summed E-state index contributed by atoms with van der Waals surface area (Å²) in [6, 6.07) is 4.62. The van der Waals surface area contributed by atoms with Crippen LogP contribution in [0.2, 0.25) is 0 Å². The van der Waals surface area contributed by atoms with Crippen LogP contribution in [0.1, 0.15) is 22.6 Å². The van der Waals surface area contributed by atoms with Gasteiger partial charge in [-0.15, -0.1) is 11.3 Å². The van der Waals surface area contributed by atoms with E-state index in [-0.39, 0.29) is 12.1 Å². The van der Waals surface area contributed by atoms with Crippen LogP contribution in [0.25, 0.3) is 0 Å². The van der Waals surface area contributed by atoms with Gasteiger partial charge in [0.15, 0.2) is 0 Å². The van der Waals surface area contributed by atoms with Gasteiger partial charge in [0.05, 0.1) is 19.3 Å². The molecule has 2 fully saturated rings. The lowest BCUT2D eigenvalue weighted by atomic mass is 10.2. The van der Waals surface area contributed by atoms with Crippen molar-refractivity contribution >= 4 is 17.4 Å². The Hall–Kier alpha value is -1.11. The molecule has 6 heteroatoms. The van der Waals surface area contributed by atoms with Crippen LogP contribution < -0.4 is 10.6 Å². The van der Waals surface area contributed by atoms with E-state index in [0.29, 0.717) is 19.1 Å². The van der Waals surface area contributed by atoms with Crippen molar-refractivity contribution in [3.8, 4) is 0 Å². The number of fused-ring (bicyclic) bond motifs is 1. The predicted molar refractivity (Wildman–Crippen MR) is 83.6 cm³/mol. The van der Waals surface area contributed by atoms with Crippen LogP contribution in [0.15, 0.2) is 12.1 Å². The Labute approximate surface area is 129 Å². The molecule has 0 unspecified atom stereocenters. The van der Waals surface area contributed by atoms with E-state index in [1.54, 1.807) is 11.3 Å². The maximum atomic E-state index is 11.8. The minimum absolute atomic E-state index is 0.117. The molecule has 3 heterocycles. The topological polar surface area (TPSA) is 53.6 Å². The fourth-order valence-electron chi connectivity index (χ4n) is 3.03. The summed E-state index contributed by atoms with van der Waals surface area (Å²) in [4.78, 5) is 16.7. The maximum Gasteiger partial charge on any atom is 0.315 e. The molecule has 3 rings (SSSR count). The average molecular weight is 309 g/mol.